The fourth-order valence-corrected chi connectivity index (χ4v) is 3.52. The third-order valence-electron chi connectivity index (χ3n) is 4.24. The SMILES string of the molecule is Cc1nc(CN=C(NCCc2ccccc2)NCCc2ccco2)sc1C. The topological polar surface area (TPSA) is 62.5 Å². The molecule has 0 unspecified atom stereocenters. The highest BCUT2D eigenvalue weighted by molar-refractivity contribution is 7.11. The van der Waals surface area contributed by atoms with Gasteiger partial charge in [0.2, 0.25) is 0 Å². The van der Waals surface area contributed by atoms with Crippen LogP contribution in [0.2, 0.25) is 0 Å². The van der Waals surface area contributed by atoms with E-state index in [0.717, 1.165) is 48.4 Å². The molecule has 142 valence electrons. The molecule has 0 atom stereocenters. The van der Waals surface area contributed by atoms with E-state index in [1.807, 2.05) is 25.1 Å². The minimum atomic E-state index is 0.584. The Morgan fingerprint density at radius 2 is 1.81 bits per heavy atom. The molecule has 3 aromatic rings. The van der Waals surface area contributed by atoms with E-state index >= 15 is 0 Å². The van der Waals surface area contributed by atoms with Crippen LogP contribution in [-0.4, -0.2) is 24.0 Å². The van der Waals surface area contributed by atoms with E-state index in [4.69, 9.17) is 9.41 Å². The molecule has 2 N–H and O–H groups in total. The molecule has 0 amide bonds. The molecule has 2 heterocycles. The zero-order valence-electron chi connectivity index (χ0n) is 15.9. The first-order valence-corrected chi connectivity index (χ1v) is 10.0. The minimum absolute atomic E-state index is 0.584. The molecule has 0 fully saturated rings. The van der Waals surface area contributed by atoms with E-state index < -0.39 is 0 Å². The third-order valence-corrected chi connectivity index (χ3v) is 5.30. The number of thiazole rings is 1. The van der Waals surface area contributed by atoms with Gasteiger partial charge in [-0.1, -0.05) is 30.3 Å². The van der Waals surface area contributed by atoms with Gasteiger partial charge in [-0.15, -0.1) is 11.3 Å². The number of benzene rings is 1. The second kappa shape index (κ2) is 9.92. The fourth-order valence-electron chi connectivity index (χ4n) is 2.66. The minimum Gasteiger partial charge on any atom is -0.469 e. The quantitative estimate of drug-likeness (QED) is 0.458. The number of guanidine groups is 1. The first-order valence-electron chi connectivity index (χ1n) is 9.22. The molecular weight excluding hydrogens is 356 g/mol. The van der Waals surface area contributed by atoms with Crippen LogP contribution in [0.4, 0.5) is 0 Å². The maximum atomic E-state index is 5.39. The first kappa shape index (κ1) is 19.2. The van der Waals surface area contributed by atoms with E-state index in [2.05, 4.69) is 46.8 Å². The highest BCUT2D eigenvalue weighted by Crippen LogP contribution is 2.16. The number of hydrogen-bond donors (Lipinski definition) is 2. The smallest absolute Gasteiger partial charge is 0.191 e. The van der Waals surface area contributed by atoms with Crippen LogP contribution in [0.15, 0.2) is 58.1 Å². The Hall–Kier alpha value is -2.60. The summed E-state index contributed by atoms with van der Waals surface area (Å²) >= 11 is 1.71. The van der Waals surface area contributed by atoms with Crippen LogP contribution >= 0.6 is 11.3 Å². The van der Waals surface area contributed by atoms with E-state index in [-0.39, 0.29) is 0 Å². The lowest BCUT2D eigenvalue weighted by atomic mass is 10.1. The number of nitrogens with one attached hydrogen (secondary N) is 2. The summed E-state index contributed by atoms with van der Waals surface area (Å²) in [6.45, 7) is 6.31. The van der Waals surface area contributed by atoms with Gasteiger partial charge in [0.15, 0.2) is 5.96 Å². The van der Waals surface area contributed by atoms with Gasteiger partial charge in [0, 0.05) is 24.4 Å². The van der Waals surface area contributed by atoms with E-state index in [1.54, 1.807) is 17.6 Å². The van der Waals surface area contributed by atoms with Crippen molar-refractivity contribution in [2.75, 3.05) is 13.1 Å². The van der Waals surface area contributed by atoms with Crippen LogP contribution in [-0.2, 0) is 19.4 Å². The van der Waals surface area contributed by atoms with E-state index in [1.165, 1.54) is 10.4 Å². The molecule has 27 heavy (non-hydrogen) atoms. The first-order chi connectivity index (χ1) is 13.2. The zero-order valence-corrected chi connectivity index (χ0v) is 16.7. The van der Waals surface area contributed by atoms with E-state index in [0.29, 0.717) is 6.54 Å². The summed E-state index contributed by atoms with van der Waals surface area (Å²) in [6.07, 6.45) is 3.48. The average Bonchev–Trinajstić information content (AvgIpc) is 3.30. The summed E-state index contributed by atoms with van der Waals surface area (Å²) < 4.78 is 5.39. The summed E-state index contributed by atoms with van der Waals surface area (Å²) in [5.74, 6) is 1.78. The number of aryl methyl sites for hydroxylation is 2. The van der Waals surface area contributed by atoms with Gasteiger partial charge in [-0.25, -0.2) is 9.98 Å². The normalized spacial score (nSPS) is 11.6. The molecule has 0 saturated heterocycles. The molecule has 1 aromatic carbocycles. The van der Waals surface area contributed by atoms with Crippen molar-refractivity contribution in [2.45, 2.75) is 33.2 Å². The standard InChI is InChI=1S/C21H26N4OS/c1-16-17(2)27-20(25-16)15-24-21(23-13-11-19-9-6-14-26-19)22-12-10-18-7-4-3-5-8-18/h3-9,14H,10-13,15H2,1-2H3,(H2,22,23,24). The van der Waals surface area contributed by atoms with Gasteiger partial charge in [-0.2, -0.15) is 0 Å². The molecule has 3 rings (SSSR count). The van der Waals surface area contributed by atoms with Crippen molar-refractivity contribution in [1.82, 2.24) is 15.6 Å². The average molecular weight is 383 g/mol. The van der Waals surface area contributed by atoms with E-state index in [9.17, 15) is 0 Å². The van der Waals surface area contributed by atoms with Crippen molar-refractivity contribution in [3.05, 3.63) is 75.6 Å². The summed E-state index contributed by atoms with van der Waals surface area (Å²) in [7, 11) is 0. The van der Waals surface area contributed by atoms with Crippen molar-refractivity contribution in [2.24, 2.45) is 4.99 Å². The third kappa shape index (κ3) is 6.25. The van der Waals surface area contributed by atoms with Gasteiger partial charge in [0.05, 0.1) is 18.5 Å². The van der Waals surface area contributed by atoms with Crippen LogP contribution in [0, 0.1) is 13.8 Å². The van der Waals surface area contributed by atoms with Gasteiger partial charge in [0.25, 0.3) is 0 Å². The number of furan rings is 1. The molecule has 0 aliphatic carbocycles. The number of rotatable bonds is 8. The predicted octanol–water partition coefficient (Wildman–Crippen LogP) is 3.87. The van der Waals surface area contributed by atoms with Crippen molar-refractivity contribution in [1.29, 1.82) is 0 Å². The second-order valence-corrected chi connectivity index (χ2v) is 7.62. The molecule has 5 nitrogen and oxygen atoms in total. The van der Waals surface area contributed by atoms with Crippen LogP contribution in [0.25, 0.3) is 0 Å². The number of aromatic nitrogens is 1. The fraction of sp³-hybridized carbons (Fsp3) is 0.333. The molecule has 0 bridgehead atoms. The Labute approximate surface area is 164 Å². The Balaban J connectivity index is 1.55. The summed E-state index contributed by atoms with van der Waals surface area (Å²) in [6, 6.07) is 14.4. The summed E-state index contributed by atoms with van der Waals surface area (Å²) in [4.78, 5) is 10.5. The maximum Gasteiger partial charge on any atom is 0.191 e. The van der Waals surface area contributed by atoms with Gasteiger partial charge >= 0.3 is 0 Å². The molecule has 0 saturated carbocycles. The Morgan fingerprint density at radius 1 is 1.04 bits per heavy atom. The van der Waals surface area contributed by atoms with Crippen LogP contribution in [0.5, 0.6) is 0 Å². The zero-order chi connectivity index (χ0) is 18.9. The van der Waals surface area contributed by atoms with Crippen molar-refractivity contribution >= 4 is 17.3 Å². The van der Waals surface area contributed by atoms with Crippen molar-refractivity contribution in [3.63, 3.8) is 0 Å². The largest absolute Gasteiger partial charge is 0.469 e. The summed E-state index contributed by atoms with van der Waals surface area (Å²) in [5.41, 5.74) is 2.40. The molecule has 0 aliphatic heterocycles. The van der Waals surface area contributed by atoms with Crippen LogP contribution < -0.4 is 10.6 Å². The Kier molecular flexibility index (Phi) is 7.04. The van der Waals surface area contributed by atoms with Crippen molar-refractivity contribution in [3.8, 4) is 0 Å². The molecule has 6 heteroatoms. The van der Waals surface area contributed by atoms with Gasteiger partial charge in [-0.05, 0) is 38.0 Å². The molecule has 0 radical (unpaired) electrons. The van der Waals surface area contributed by atoms with Crippen molar-refractivity contribution < 1.29 is 4.42 Å². The van der Waals surface area contributed by atoms with Gasteiger partial charge in [-0.3, -0.25) is 0 Å². The highest BCUT2D eigenvalue weighted by Gasteiger charge is 2.05. The summed E-state index contributed by atoms with van der Waals surface area (Å²) in [5, 5.41) is 7.86. The maximum absolute atomic E-state index is 5.39. The predicted molar refractivity (Wildman–Crippen MR) is 111 cm³/mol. The lowest BCUT2D eigenvalue weighted by Gasteiger charge is -2.12. The van der Waals surface area contributed by atoms with Gasteiger partial charge in [0.1, 0.15) is 10.8 Å². The van der Waals surface area contributed by atoms with Crippen LogP contribution in [0.3, 0.4) is 0 Å². The molecular formula is C21H26N4OS. The molecule has 0 spiro atoms. The number of hydrogen-bond acceptors (Lipinski definition) is 4. The number of nitrogens with zero attached hydrogens (tertiary/aromatic N) is 2. The molecule has 2 aromatic heterocycles. The number of aliphatic imine (C=N–C) groups is 1. The Bertz CT molecular complexity index is 821. The molecule has 0 aliphatic rings. The second-order valence-electron chi connectivity index (χ2n) is 6.33. The monoisotopic (exact) mass is 382 g/mol. The van der Waals surface area contributed by atoms with Gasteiger partial charge < -0.3 is 15.1 Å². The Morgan fingerprint density at radius 3 is 2.48 bits per heavy atom. The lowest BCUT2D eigenvalue weighted by Crippen LogP contribution is -2.39. The lowest BCUT2D eigenvalue weighted by molar-refractivity contribution is 0.506. The van der Waals surface area contributed by atoms with Crippen LogP contribution in [0.1, 0.15) is 26.9 Å². The highest BCUT2D eigenvalue weighted by atomic mass is 32.1.